The van der Waals surface area contributed by atoms with E-state index in [9.17, 15) is 19.1 Å². The van der Waals surface area contributed by atoms with Crippen LogP contribution in [0.15, 0.2) is 24.3 Å². The lowest BCUT2D eigenvalue weighted by atomic mass is 10.1. The molecule has 1 atom stereocenters. The zero-order valence-electron chi connectivity index (χ0n) is 12.0. The van der Waals surface area contributed by atoms with Crippen LogP contribution in [0.4, 0.5) is 4.39 Å². The number of carbonyl (C=O) groups excluding carboxylic acids is 2. The van der Waals surface area contributed by atoms with Crippen LogP contribution < -0.4 is 10.6 Å². The third-order valence-corrected chi connectivity index (χ3v) is 3.57. The molecule has 0 heterocycles. The number of aliphatic hydroxyl groups is 1. The van der Waals surface area contributed by atoms with E-state index in [0.717, 1.165) is 0 Å². The first-order chi connectivity index (χ1) is 9.84. The first-order valence-electron chi connectivity index (χ1n) is 6.36. The highest BCUT2D eigenvalue weighted by Gasteiger charge is 2.22. The van der Waals surface area contributed by atoms with E-state index >= 15 is 0 Å². The Bertz CT molecular complexity index is 491. The van der Waals surface area contributed by atoms with Crippen molar-refractivity contribution in [1.82, 2.24) is 10.6 Å². The fraction of sp³-hybridized carbons (Fsp3) is 0.429. The highest BCUT2D eigenvalue weighted by Crippen LogP contribution is 2.08. The molecule has 5 nitrogen and oxygen atoms in total. The van der Waals surface area contributed by atoms with Crippen molar-refractivity contribution in [3.63, 3.8) is 0 Å². The van der Waals surface area contributed by atoms with Crippen molar-refractivity contribution < 1.29 is 19.1 Å². The van der Waals surface area contributed by atoms with E-state index in [1.54, 1.807) is 6.92 Å². The number of hydrogen-bond donors (Lipinski definition) is 3. The van der Waals surface area contributed by atoms with Crippen LogP contribution in [0.5, 0.6) is 0 Å². The summed E-state index contributed by atoms with van der Waals surface area (Å²) >= 11 is 1.44. The van der Waals surface area contributed by atoms with Gasteiger partial charge in [-0.2, -0.15) is 11.8 Å². The smallest absolute Gasteiger partial charge is 0.309 e. The minimum absolute atomic E-state index is 0.00333. The summed E-state index contributed by atoms with van der Waals surface area (Å²) in [6, 6.07) is 5.61. The third-order valence-electron chi connectivity index (χ3n) is 2.66. The maximum absolute atomic E-state index is 12.7. The first-order valence-corrected chi connectivity index (χ1v) is 7.75. The molecule has 0 saturated carbocycles. The molecular formula is C14H19FN2O3S. The van der Waals surface area contributed by atoms with Crippen molar-refractivity contribution in [1.29, 1.82) is 0 Å². The molecule has 0 aliphatic rings. The Labute approximate surface area is 127 Å². The molecule has 0 aromatic heterocycles. The van der Waals surface area contributed by atoms with Gasteiger partial charge in [-0.3, -0.25) is 9.59 Å². The first kappa shape index (κ1) is 17.5. The minimum atomic E-state index is -1.06. The second-order valence-corrected chi connectivity index (χ2v) is 5.79. The summed E-state index contributed by atoms with van der Waals surface area (Å²) in [7, 11) is 0. The van der Waals surface area contributed by atoms with E-state index in [-0.39, 0.29) is 18.9 Å². The molecule has 1 aromatic rings. The SMILES string of the molecule is CSC[C@](C)(O)CNC(=O)C(=O)NCc1ccc(F)cc1. The summed E-state index contributed by atoms with van der Waals surface area (Å²) in [5.41, 5.74) is -0.376. The Morgan fingerprint density at radius 1 is 1.24 bits per heavy atom. The number of nitrogens with one attached hydrogen (secondary N) is 2. The van der Waals surface area contributed by atoms with E-state index in [4.69, 9.17) is 0 Å². The number of benzene rings is 1. The summed E-state index contributed by atoms with van der Waals surface area (Å²) in [5, 5.41) is 14.7. The maximum Gasteiger partial charge on any atom is 0.309 e. The topological polar surface area (TPSA) is 78.4 Å². The summed E-state index contributed by atoms with van der Waals surface area (Å²) in [6.45, 7) is 1.71. The van der Waals surface area contributed by atoms with Gasteiger partial charge in [-0.05, 0) is 30.9 Å². The molecule has 1 aromatic carbocycles. The Balaban J connectivity index is 2.37. The number of thioether (sulfide) groups is 1. The van der Waals surface area contributed by atoms with Crippen molar-refractivity contribution in [2.75, 3.05) is 18.6 Å². The molecule has 0 aliphatic heterocycles. The van der Waals surface area contributed by atoms with Crippen LogP contribution >= 0.6 is 11.8 Å². The molecule has 3 N–H and O–H groups in total. The van der Waals surface area contributed by atoms with Gasteiger partial charge in [-0.25, -0.2) is 4.39 Å². The molecule has 2 amide bonds. The quantitative estimate of drug-likeness (QED) is 0.675. The standard InChI is InChI=1S/C14H19FN2O3S/c1-14(20,9-21-2)8-17-13(19)12(18)16-7-10-3-5-11(15)6-4-10/h3-6,20H,7-9H2,1-2H3,(H,16,18)(H,17,19)/t14-/m1/s1. The minimum Gasteiger partial charge on any atom is -0.387 e. The van der Waals surface area contributed by atoms with Crippen LogP contribution in [0.25, 0.3) is 0 Å². The van der Waals surface area contributed by atoms with E-state index in [1.165, 1.54) is 36.0 Å². The molecule has 0 saturated heterocycles. The predicted octanol–water partition coefficient (Wildman–Crippen LogP) is 0.672. The summed E-state index contributed by atoms with van der Waals surface area (Å²) in [4.78, 5) is 23.1. The van der Waals surface area contributed by atoms with Crippen molar-refractivity contribution >= 4 is 23.6 Å². The second kappa shape index (κ2) is 7.99. The molecule has 0 spiro atoms. The van der Waals surface area contributed by atoms with Crippen LogP contribution in [-0.4, -0.2) is 41.1 Å². The normalized spacial score (nSPS) is 13.3. The van der Waals surface area contributed by atoms with Crippen LogP contribution in [0.1, 0.15) is 12.5 Å². The molecule has 21 heavy (non-hydrogen) atoms. The Morgan fingerprint density at radius 3 is 2.38 bits per heavy atom. The number of amides is 2. The number of halogens is 1. The van der Waals surface area contributed by atoms with E-state index in [2.05, 4.69) is 10.6 Å². The van der Waals surface area contributed by atoms with Crippen LogP contribution in [0, 0.1) is 5.82 Å². The monoisotopic (exact) mass is 314 g/mol. The summed E-state index contributed by atoms with van der Waals surface area (Å²) < 4.78 is 12.7. The highest BCUT2D eigenvalue weighted by atomic mass is 32.2. The lowest BCUT2D eigenvalue weighted by Crippen LogP contribution is -2.47. The van der Waals surface area contributed by atoms with E-state index in [0.29, 0.717) is 11.3 Å². The largest absolute Gasteiger partial charge is 0.387 e. The highest BCUT2D eigenvalue weighted by molar-refractivity contribution is 7.98. The van der Waals surface area contributed by atoms with Crippen LogP contribution in [-0.2, 0) is 16.1 Å². The average molecular weight is 314 g/mol. The zero-order chi connectivity index (χ0) is 15.9. The molecule has 1 rings (SSSR count). The Kier molecular flexibility index (Phi) is 6.64. The summed E-state index contributed by atoms with van der Waals surface area (Å²) in [6.07, 6.45) is 1.84. The molecule has 0 radical (unpaired) electrons. The van der Waals surface area contributed by atoms with Gasteiger partial charge in [0.05, 0.1) is 5.60 Å². The molecule has 0 fully saturated rings. The lowest BCUT2D eigenvalue weighted by Gasteiger charge is -2.22. The van der Waals surface area contributed by atoms with Crippen molar-refractivity contribution in [2.45, 2.75) is 19.1 Å². The molecule has 0 aliphatic carbocycles. The molecule has 116 valence electrons. The van der Waals surface area contributed by atoms with E-state index < -0.39 is 17.4 Å². The van der Waals surface area contributed by atoms with Crippen molar-refractivity contribution in [2.24, 2.45) is 0 Å². The fourth-order valence-electron chi connectivity index (χ4n) is 1.58. The van der Waals surface area contributed by atoms with Crippen molar-refractivity contribution in [3.05, 3.63) is 35.6 Å². The molecular weight excluding hydrogens is 295 g/mol. The van der Waals surface area contributed by atoms with Gasteiger partial charge < -0.3 is 15.7 Å². The summed E-state index contributed by atoms with van der Waals surface area (Å²) in [5.74, 6) is -1.51. The molecule has 0 unspecified atom stereocenters. The van der Waals surface area contributed by atoms with Gasteiger partial charge in [0, 0.05) is 18.8 Å². The van der Waals surface area contributed by atoms with Gasteiger partial charge in [-0.1, -0.05) is 12.1 Å². The second-order valence-electron chi connectivity index (χ2n) is 4.92. The van der Waals surface area contributed by atoms with Crippen LogP contribution in [0.3, 0.4) is 0 Å². The van der Waals surface area contributed by atoms with Crippen molar-refractivity contribution in [3.8, 4) is 0 Å². The number of carbonyl (C=O) groups is 2. The van der Waals surface area contributed by atoms with Gasteiger partial charge in [0.2, 0.25) is 0 Å². The Morgan fingerprint density at radius 2 is 1.81 bits per heavy atom. The number of rotatable bonds is 6. The van der Waals surface area contributed by atoms with Gasteiger partial charge in [-0.15, -0.1) is 0 Å². The van der Waals surface area contributed by atoms with Gasteiger partial charge in [0.1, 0.15) is 5.82 Å². The lowest BCUT2D eigenvalue weighted by molar-refractivity contribution is -0.139. The van der Waals surface area contributed by atoms with Crippen LogP contribution in [0.2, 0.25) is 0 Å². The van der Waals surface area contributed by atoms with Gasteiger partial charge >= 0.3 is 11.8 Å². The Hall–Kier alpha value is -1.60. The third kappa shape index (κ3) is 6.59. The zero-order valence-corrected chi connectivity index (χ0v) is 12.8. The average Bonchev–Trinajstić information content (AvgIpc) is 2.44. The molecule has 7 heteroatoms. The van der Waals surface area contributed by atoms with Gasteiger partial charge in [0.15, 0.2) is 0 Å². The number of hydrogen-bond acceptors (Lipinski definition) is 4. The van der Waals surface area contributed by atoms with Gasteiger partial charge in [0.25, 0.3) is 0 Å². The molecule has 0 bridgehead atoms. The predicted molar refractivity (Wildman–Crippen MR) is 80.3 cm³/mol. The van der Waals surface area contributed by atoms with E-state index in [1.807, 2.05) is 6.26 Å². The fourth-order valence-corrected chi connectivity index (χ4v) is 2.30. The maximum atomic E-state index is 12.7.